The number of nitrogens with zero attached hydrogens (tertiary/aromatic N) is 1. The molecule has 33 heavy (non-hydrogen) atoms. The fourth-order valence-corrected chi connectivity index (χ4v) is 4.78. The molecule has 1 fully saturated rings. The Kier molecular flexibility index (Phi) is 6.75. The minimum Gasteiger partial charge on any atom is -0.496 e. The number of hydrogen-bond donors (Lipinski definition) is 0. The third kappa shape index (κ3) is 4.76. The number of benzene rings is 3. The molecule has 1 aliphatic heterocycles. The number of rotatable bonds is 7. The van der Waals surface area contributed by atoms with Gasteiger partial charge in [0.15, 0.2) is 0 Å². The van der Waals surface area contributed by atoms with Gasteiger partial charge in [-0.1, -0.05) is 56.3 Å². The van der Waals surface area contributed by atoms with Gasteiger partial charge < -0.3 is 9.47 Å². The lowest BCUT2D eigenvalue weighted by molar-refractivity contribution is -0.123. The Balaban J connectivity index is 1.51. The summed E-state index contributed by atoms with van der Waals surface area (Å²) in [5.41, 5.74) is 3.09. The summed E-state index contributed by atoms with van der Waals surface area (Å²) in [4.78, 5) is 27.2. The lowest BCUT2D eigenvalue weighted by atomic mass is 10.0. The van der Waals surface area contributed by atoms with Crippen molar-refractivity contribution in [1.82, 2.24) is 4.90 Å². The normalized spacial score (nSPS) is 15.2. The van der Waals surface area contributed by atoms with E-state index in [1.807, 2.05) is 49.4 Å². The number of imide groups is 1. The van der Waals surface area contributed by atoms with Crippen LogP contribution in [0.5, 0.6) is 11.5 Å². The van der Waals surface area contributed by atoms with Crippen molar-refractivity contribution < 1.29 is 19.1 Å². The Morgan fingerprint density at radius 1 is 1.00 bits per heavy atom. The van der Waals surface area contributed by atoms with Crippen LogP contribution >= 0.6 is 11.8 Å². The second kappa shape index (κ2) is 9.71. The first-order chi connectivity index (χ1) is 15.9. The van der Waals surface area contributed by atoms with Crippen LogP contribution in [0, 0.1) is 6.92 Å². The molecule has 0 aliphatic carbocycles. The SMILES string of the molecule is COc1ccc(/C=C2\SC(=O)N(CCOc3cc(C)ccc3C(C)C)C2=O)c2ccccc12. The number of hydrogen-bond acceptors (Lipinski definition) is 5. The van der Waals surface area contributed by atoms with E-state index in [2.05, 4.69) is 26.0 Å². The highest BCUT2D eigenvalue weighted by Crippen LogP contribution is 2.35. The number of aryl methyl sites for hydroxylation is 1. The molecule has 5 nitrogen and oxygen atoms in total. The average Bonchev–Trinajstić information content (AvgIpc) is 3.06. The topological polar surface area (TPSA) is 55.8 Å². The fraction of sp³-hybridized carbons (Fsp3) is 0.259. The number of carbonyl (C=O) groups excluding carboxylic acids is 2. The van der Waals surface area contributed by atoms with Gasteiger partial charge in [0.05, 0.1) is 18.6 Å². The molecule has 0 spiro atoms. The van der Waals surface area contributed by atoms with E-state index >= 15 is 0 Å². The Morgan fingerprint density at radius 2 is 1.76 bits per heavy atom. The maximum atomic E-state index is 13.0. The maximum absolute atomic E-state index is 13.0. The predicted octanol–water partition coefficient (Wildman–Crippen LogP) is 6.40. The van der Waals surface area contributed by atoms with E-state index in [0.717, 1.165) is 50.7 Å². The summed E-state index contributed by atoms with van der Waals surface area (Å²) in [6.07, 6.45) is 1.78. The molecule has 1 heterocycles. The number of amides is 2. The molecule has 0 radical (unpaired) electrons. The highest BCUT2D eigenvalue weighted by atomic mass is 32.2. The van der Waals surface area contributed by atoms with Crippen LogP contribution < -0.4 is 9.47 Å². The molecular formula is C27H27NO4S. The molecule has 170 valence electrons. The van der Waals surface area contributed by atoms with E-state index < -0.39 is 0 Å². The molecule has 6 heteroatoms. The van der Waals surface area contributed by atoms with Gasteiger partial charge in [-0.25, -0.2) is 0 Å². The smallest absolute Gasteiger partial charge is 0.293 e. The van der Waals surface area contributed by atoms with Crippen LogP contribution in [0.15, 0.2) is 59.5 Å². The first kappa shape index (κ1) is 22.9. The van der Waals surface area contributed by atoms with Crippen LogP contribution in [-0.4, -0.2) is 36.3 Å². The number of ether oxygens (including phenoxy) is 2. The summed E-state index contributed by atoms with van der Waals surface area (Å²) >= 11 is 0.964. The van der Waals surface area contributed by atoms with Crippen LogP contribution in [0.1, 0.15) is 36.5 Å². The van der Waals surface area contributed by atoms with E-state index in [-0.39, 0.29) is 24.3 Å². The maximum Gasteiger partial charge on any atom is 0.293 e. The molecule has 0 saturated carbocycles. The zero-order valence-corrected chi connectivity index (χ0v) is 20.1. The monoisotopic (exact) mass is 461 g/mol. The van der Waals surface area contributed by atoms with Gasteiger partial charge in [-0.3, -0.25) is 14.5 Å². The van der Waals surface area contributed by atoms with Gasteiger partial charge in [0.25, 0.3) is 11.1 Å². The third-order valence-corrected chi connectivity index (χ3v) is 6.57. The number of thioether (sulfide) groups is 1. The minimum atomic E-state index is -0.290. The Morgan fingerprint density at radius 3 is 2.48 bits per heavy atom. The highest BCUT2D eigenvalue weighted by molar-refractivity contribution is 8.18. The molecule has 3 aromatic rings. The van der Waals surface area contributed by atoms with E-state index in [1.165, 1.54) is 4.90 Å². The van der Waals surface area contributed by atoms with E-state index in [4.69, 9.17) is 9.47 Å². The van der Waals surface area contributed by atoms with Gasteiger partial charge in [0, 0.05) is 5.39 Å². The van der Waals surface area contributed by atoms with Crippen molar-refractivity contribution in [3.05, 3.63) is 76.2 Å². The van der Waals surface area contributed by atoms with E-state index in [1.54, 1.807) is 13.2 Å². The summed E-state index contributed by atoms with van der Waals surface area (Å²) in [6, 6.07) is 17.8. The number of carbonyl (C=O) groups is 2. The van der Waals surface area contributed by atoms with Crippen LogP contribution in [0.4, 0.5) is 4.79 Å². The molecule has 0 atom stereocenters. The average molecular weight is 462 g/mol. The largest absolute Gasteiger partial charge is 0.496 e. The van der Waals surface area contributed by atoms with E-state index in [9.17, 15) is 9.59 Å². The van der Waals surface area contributed by atoms with Crippen molar-refractivity contribution in [2.24, 2.45) is 0 Å². The summed E-state index contributed by atoms with van der Waals surface area (Å²) in [5, 5.41) is 1.65. The van der Waals surface area contributed by atoms with Gasteiger partial charge in [-0.2, -0.15) is 0 Å². The van der Waals surface area contributed by atoms with Gasteiger partial charge in [0.1, 0.15) is 18.1 Å². The highest BCUT2D eigenvalue weighted by Gasteiger charge is 2.35. The summed E-state index contributed by atoms with van der Waals surface area (Å²) < 4.78 is 11.4. The number of methoxy groups -OCH3 is 1. The Labute approximate surface area is 198 Å². The van der Waals surface area contributed by atoms with Crippen LogP contribution in [0.25, 0.3) is 16.8 Å². The van der Waals surface area contributed by atoms with E-state index in [0.29, 0.717) is 10.8 Å². The molecule has 1 aliphatic rings. The standard InChI is InChI=1S/C27H27NO4S/c1-17(2)20-11-9-18(3)15-24(20)32-14-13-28-26(29)25(33-27(28)30)16-19-10-12-23(31-4)22-8-6-5-7-21(19)22/h5-12,15-17H,13-14H2,1-4H3/b25-16-. The van der Waals surface area contributed by atoms with Gasteiger partial charge in [-0.15, -0.1) is 0 Å². The second-order valence-electron chi connectivity index (χ2n) is 8.28. The van der Waals surface area contributed by atoms with Crippen molar-refractivity contribution in [3.63, 3.8) is 0 Å². The number of fused-ring (bicyclic) bond motifs is 1. The zero-order valence-electron chi connectivity index (χ0n) is 19.3. The molecule has 2 amide bonds. The van der Waals surface area contributed by atoms with Crippen molar-refractivity contribution >= 4 is 39.8 Å². The molecule has 0 unspecified atom stereocenters. The zero-order chi connectivity index (χ0) is 23.5. The van der Waals surface area contributed by atoms with Gasteiger partial charge in [-0.05, 0) is 64.9 Å². The van der Waals surface area contributed by atoms with Crippen LogP contribution in [0.2, 0.25) is 0 Å². The summed E-state index contributed by atoms with van der Waals surface area (Å²) in [5.74, 6) is 1.60. The summed E-state index contributed by atoms with van der Waals surface area (Å²) in [7, 11) is 1.63. The molecular weight excluding hydrogens is 434 g/mol. The molecule has 4 rings (SSSR count). The Hall–Kier alpha value is -3.25. The minimum absolute atomic E-state index is 0.205. The summed E-state index contributed by atoms with van der Waals surface area (Å²) in [6.45, 7) is 6.70. The van der Waals surface area contributed by atoms with Crippen molar-refractivity contribution in [2.75, 3.05) is 20.3 Å². The molecule has 1 saturated heterocycles. The van der Waals surface area contributed by atoms with Crippen molar-refractivity contribution in [3.8, 4) is 11.5 Å². The molecule has 0 aromatic heterocycles. The quantitative estimate of drug-likeness (QED) is 0.381. The Bertz CT molecular complexity index is 1250. The lowest BCUT2D eigenvalue weighted by Gasteiger charge is -2.17. The van der Waals surface area contributed by atoms with Crippen LogP contribution in [-0.2, 0) is 4.79 Å². The fourth-order valence-electron chi connectivity index (χ4n) is 3.92. The van der Waals surface area contributed by atoms with Crippen molar-refractivity contribution in [2.45, 2.75) is 26.7 Å². The first-order valence-electron chi connectivity index (χ1n) is 10.9. The second-order valence-corrected chi connectivity index (χ2v) is 9.27. The predicted molar refractivity (Wildman–Crippen MR) is 134 cm³/mol. The molecule has 3 aromatic carbocycles. The molecule has 0 bridgehead atoms. The van der Waals surface area contributed by atoms with Crippen LogP contribution in [0.3, 0.4) is 0 Å². The van der Waals surface area contributed by atoms with Gasteiger partial charge >= 0.3 is 0 Å². The third-order valence-electron chi connectivity index (χ3n) is 5.66. The lowest BCUT2D eigenvalue weighted by Crippen LogP contribution is -2.32. The molecule has 0 N–H and O–H groups in total. The first-order valence-corrected chi connectivity index (χ1v) is 11.7. The van der Waals surface area contributed by atoms with Crippen molar-refractivity contribution in [1.29, 1.82) is 0 Å². The van der Waals surface area contributed by atoms with Gasteiger partial charge in [0.2, 0.25) is 0 Å².